The lowest BCUT2D eigenvalue weighted by Crippen LogP contribution is -2.29. The van der Waals surface area contributed by atoms with E-state index >= 15 is 0 Å². The number of carboxylic acid groups (broad SMARTS) is 1. The Morgan fingerprint density at radius 3 is 2.74 bits per heavy atom. The van der Waals surface area contributed by atoms with Crippen molar-refractivity contribution in [3.8, 4) is 0 Å². The highest BCUT2D eigenvalue weighted by atomic mass is 127. The van der Waals surface area contributed by atoms with Gasteiger partial charge in [-0.2, -0.15) is 0 Å². The van der Waals surface area contributed by atoms with Crippen LogP contribution in [0.5, 0.6) is 0 Å². The van der Waals surface area contributed by atoms with Crippen molar-refractivity contribution < 1.29 is 14.8 Å². The number of anilines is 1. The van der Waals surface area contributed by atoms with Crippen LogP contribution < -0.4 is 4.90 Å². The third-order valence-corrected chi connectivity index (χ3v) is 3.67. The fourth-order valence-electron chi connectivity index (χ4n) is 1.99. The van der Waals surface area contributed by atoms with Gasteiger partial charge in [-0.25, -0.2) is 0 Å². The van der Waals surface area contributed by atoms with E-state index < -0.39 is 10.9 Å². The van der Waals surface area contributed by atoms with Crippen molar-refractivity contribution in [2.24, 2.45) is 0 Å². The number of nitro benzene ring substituents is 1. The second kappa shape index (κ2) is 5.72. The molecule has 0 radical (unpaired) electrons. The van der Waals surface area contributed by atoms with Crippen LogP contribution in [0.25, 0.3) is 0 Å². The Labute approximate surface area is 123 Å². The molecule has 0 bridgehead atoms. The van der Waals surface area contributed by atoms with Crippen LogP contribution in [0, 0.1) is 13.7 Å². The molecule has 0 atom stereocenters. The fourth-order valence-corrected chi connectivity index (χ4v) is 2.46. The van der Waals surface area contributed by atoms with Crippen molar-refractivity contribution in [2.75, 3.05) is 11.4 Å². The van der Waals surface area contributed by atoms with Gasteiger partial charge in [0.2, 0.25) is 0 Å². The molecule has 1 aromatic rings. The number of nitro groups is 1. The minimum Gasteiger partial charge on any atom is -0.481 e. The van der Waals surface area contributed by atoms with Crippen molar-refractivity contribution >= 4 is 39.9 Å². The summed E-state index contributed by atoms with van der Waals surface area (Å²) in [5.74, 6) is -0.890. The SMILES string of the molecule is O=C(O)CCN(c1ccc(I)cc1[N+](=O)[O-])C1CC1. The molecule has 1 aliphatic rings. The summed E-state index contributed by atoms with van der Waals surface area (Å²) in [7, 11) is 0. The monoisotopic (exact) mass is 376 g/mol. The summed E-state index contributed by atoms with van der Waals surface area (Å²) < 4.78 is 0.794. The molecule has 2 rings (SSSR count). The largest absolute Gasteiger partial charge is 0.481 e. The molecule has 1 aliphatic carbocycles. The van der Waals surface area contributed by atoms with Crippen LogP contribution >= 0.6 is 22.6 Å². The first kappa shape index (κ1) is 14.0. The Bertz CT molecular complexity index is 516. The number of carbonyl (C=O) groups is 1. The molecule has 7 heteroatoms. The number of halogens is 1. The predicted octanol–water partition coefficient (Wildman–Crippen LogP) is 2.64. The van der Waals surface area contributed by atoms with E-state index in [4.69, 9.17) is 5.11 Å². The van der Waals surface area contributed by atoms with Gasteiger partial charge in [0.05, 0.1) is 11.3 Å². The van der Waals surface area contributed by atoms with E-state index in [-0.39, 0.29) is 18.2 Å². The first-order valence-corrected chi connectivity index (χ1v) is 6.99. The second-order valence-corrected chi connectivity index (χ2v) is 5.70. The molecule has 0 aliphatic heterocycles. The van der Waals surface area contributed by atoms with E-state index in [0.717, 1.165) is 16.4 Å². The van der Waals surface area contributed by atoms with E-state index in [0.29, 0.717) is 12.2 Å². The molecule has 1 saturated carbocycles. The first-order chi connectivity index (χ1) is 8.99. The quantitative estimate of drug-likeness (QED) is 0.469. The molecule has 0 amide bonds. The van der Waals surface area contributed by atoms with Crippen LogP contribution in [0.1, 0.15) is 19.3 Å². The Hall–Kier alpha value is -1.38. The highest BCUT2D eigenvalue weighted by Crippen LogP contribution is 2.37. The van der Waals surface area contributed by atoms with Crippen LogP contribution in [-0.2, 0) is 4.79 Å². The van der Waals surface area contributed by atoms with E-state index in [1.54, 1.807) is 12.1 Å². The number of carboxylic acids is 1. The minimum atomic E-state index is -0.890. The first-order valence-electron chi connectivity index (χ1n) is 5.91. The summed E-state index contributed by atoms with van der Waals surface area (Å²) in [6.07, 6.45) is 1.91. The summed E-state index contributed by atoms with van der Waals surface area (Å²) in [5, 5.41) is 19.9. The average molecular weight is 376 g/mol. The lowest BCUT2D eigenvalue weighted by molar-refractivity contribution is -0.384. The summed E-state index contributed by atoms with van der Waals surface area (Å²) >= 11 is 2.03. The van der Waals surface area contributed by atoms with E-state index in [9.17, 15) is 14.9 Å². The maximum atomic E-state index is 11.1. The molecule has 6 nitrogen and oxygen atoms in total. The maximum absolute atomic E-state index is 11.1. The molecular formula is C12H13IN2O4. The molecule has 1 N–H and O–H groups in total. The molecule has 0 saturated heterocycles. The van der Waals surface area contributed by atoms with E-state index in [1.165, 1.54) is 6.07 Å². The number of aliphatic carboxylic acids is 1. The van der Waals surface area contributed by atoms with Crippen LogP contribution in [0.2, 0.25) is 0 Å². The zero-order valence-electron chi connectivity index (χ0n) is 10.1. The van der Waals surface area contributed by atoms with Gasteiger partial charge in [0.25, 0.3) is 5.69 Å². The van der Waals surface area contributed by atoms with Crippen LogP contribution in [0.3, 0.4) is 0 Å². The Morgan fingerprint density at radius 2 is 2.21 bits per heavy atom. The normalized spacial score (nSPS) is 14.2. The average Bonchev–Trinajstić information content (AvgIpc) is 3.14. The fraction of sp³-hybridized carbons (Fsp3) is 0.417. The maximum Gasteiger partial charge on any atom is 0.305 e. The molecule has 0 unspecified atom stereocenters. The molecule has 0 heterocycles. The summed E-state index contributed by atoms with van der Waals surface area (Å²) in [5.41, 5.74) is 0.568. The number of benzene rings is 1. The second-order valence-electron chi connectivity index (χ2n) is 4.46. The van der Waals surface area contributed by atoms with Gasteiger partial charge in [-0.15, -0.1) is 0 Å². The van der Waals surface area contributed by atoms with Gasteiger partial charge in [0.1, 0.15) is 5.69 Å². The lowest BCUT2D eigenvalue weighted by atomic mass is 10.2. The van der Waals surface area contributed by atoms with Crippen molar-refractivity contribution in [3.63, 3.8) is 0 Å². The zero-order chi connectivity index (χ0) is 14.0. The number of nitrogens with zero attached hydrogens (tertiary/aromatic N) is 2. The highest BCUT2D eigenvalue weighted by molar-refractivity contribution is 14.1. The smallest absolute Gasteiger partial charge is 0.305 e. The number of hydrogen-bond donors (Lipinski definition) is 1. The molecule has 0 spiro atoms. The third-order valence-electron chi connectivity index (χ3n) is 3.00. The molecule has 0 aromatic heterocycles. The highest BCUT2D eigenvalue weighted by Gasteiger charge is 2.33. The number of hydrogen-bond acceptors (Lipinski definition) is 4. The number of rotatable bonds is 6. The Kier molecular flexibility index (Phi) is 4.23. The van der Waals surface area contributed by atoms with Gasteiger partial charge in [-0.05, 0) is 47.6 Å². The van der Waals surface area contributed by atoms with E-state index in [1.807, 2.05) is 27.5 Å². The van der Waals surface area contributed by atoms with Crippen molar-refractivity contribution in [1.29, 1.82) is 0 Å². The molecule has 102 valence electrons. The van der Waals surface area contributed by atoms with Crippen LogP contribution in [0.4, 0.5) is 11.4 Å². The standard InChI is InChI=1S/C12H13IN2O4/c13-8-1-4-10(11(7-8)15(18)19)14(9-2-3-9)6-5-12(16)17/h1,4,7,9H,2-3,5-6H2,(H,16,17). The Balaban J connectivity index is 2.30. The summed E-state index contributed by atoms with van der Waals surface area (Å²) in [4.78, 5) is 23.2. The minimum absolute atomic E-state index is 0.0142. The van der Waals surface area contributed by atoms with Crippen molar-refractivity contribution in [2.45, 2.75) is 25.3 Å². The van der Waals surface area contributed by atoms with Gasteiger partial charge >= 0.3 is 5.97 Å². The third kappa shape index (κ3) is 3.55. The van der Waals surface area contributed by atoms with Gasteiger partial charge in [-0.1, -0.05) is 0 Å². The zero-order valence-corrected chi connectivity index (χ0v) is 12.2. The molecule has 1 aromatic carbocycles. The van der Waals surface area contributed by atoms with Gasteiger partial charge in [0, 0.05) is 22.2 Å². The lowest BCUT2D eigenvalue weighted by Gasteiger charge is -2.23. The van der Waals surface area contributed by atoms with Crippen molar-refractivity contribution in [1.82, 2.24) is 0 Å². The van der Waals surface area contributed by atoms with Gasteiger partial charge < -0.3 is 10.0 Å². The molecular weight excluding hydrogens is 363 g/mol. The van der Waals surface area contributed by atoms with Gasteiger partial charge in [0.15, 0.2) is 0 Å². The van der Waals surface area contributed by atoms with Crippen LogP contribution in [0.15, 0.2) is 18.2 Å². The van der Waals surface area contributed by atoms with Gasteiger partial charge in [-0.3, -0.25) is 14.9 Å². The Morgan fingerprint density at radius 1 is 1.53 bits per heavy atom. The molecule has 19 heavy (non-hydrogen) atoms. The summed E-state index contributed by atoms with van der Waals surface area (Å²) in [6.45, 7) is 0.307. The topological polar surface area (TPSA) is 83.7 Å². The van der Waals surface area contributed by atoms with E-state index in [2.05, 4.69) is 0 Å². The summed E-state index contributed by atoms with van der Waals surface area (Å²) in [6, 6.07) is 5.27. The van der Waals surface area contributed by atoms with Crippen LogP contribution in [-0.4, -0.2) is 28.6 Å². The van der Waals surface area contributed by atoms with Crippen molar-refractivity contribution in [3.05, 3.63) is 31.9 Å². The predicted molar refractivity (Wildman–Crippen MR) is 78.4 cm³/mol. The molecule has 1 fully saturated rings.